The van der Waals surface area contributed by atoms with Crippen molar-refractivity contribution in [3.05, 3.63) is 34.3 Å². The molecule has 0 radical (unpaired) electrons. The molecule has 0 spiro atoms. The van der Waals surface area contributed by atoms with Gasteiger partial charge in [-0.15, -0.1) is 0 Å². The van der Waals surface area contributed by atoms with E-state index in [0.29, 0.717) is 6.04 Å². The van der Waals surface area contributed by atoms with E-state index in [0.717, 1.165) is 30.6 Å². The van der Waals surface area contributed by atoms with Gasteiger partial charge in [0.1, 0.15) is 0 Å². The smallest absolute Gasteiger partial charge is 0.0453 e. The van der Waals surface area contributed by atoms with Crippen LogP contribution < -0.4 is 5.32 Å². The highest BCUT2D eigenvalue weighted by Gasteiger charge is 2.41. The van der Waals surface area contributed by atoms with Crippen LogP contribution >= 0.6 is 11.6 Å². The molecule has 1 saturated heterocycles. The van der Waals surface area contributed by atoms with Gasteiger partial charge in [-0.25, -0.2) is 0 Å². The summed E-state index contributed by atoms with van der Waals surface area (Å²) in [5.41, 5.74) is 2.73. The predicted molar refractivity (Wildman–Crippen MR) is 89.8 cm³/mol. The van der Waals surface area contributed by atoms with E-state index in [9.17, 15) is 0 Å². The second-order valence-electron chi connectivity index (χ2n) is 7.15. The van der Waals surface area contributed by atoms with Crippen LogP contribution in [0.3, 0.4) is 0 Å². The molecular formula is C18H27ClN2. The molecule has 2 atom stereocenters. The molecule has 116 valence electrons. The van der Waals surface area contributed by atoms with Gasteiger partial charge in [-0.05, 0) is 56.2 Å². The molecule has 2 unspecified atom stereocenters. The minimum atomic E-state index is 0.236. The predicted octanol–water partition coefficient (Wildman–Crippen LogP) is 4.00. The van der Waals surface area contributed by atoms with Crippen LogP contribution in [0.15, 0.2) is 18.2 Å². The van der Waals surface area contributed by atoms with E-state index in [1.54, 1.807) is 0 Å². The number of halogens is 1. The zero-order valence-electron chi connectivity index (χ0n) is 13.5. The number of nitrogens with zero attached hydrogens (tertiary/aromatic N) is 1. The number of hydrogen-bond donors (Lipinski definition) is 1. The van der Waals surface area contributed by atoms with Gasteiger partial charge in [0.2, 0.25) is 0 Å². The number of hydrogen-bond acceptors (Lipinski definition) is 2. The molecule has 2 aliphatic rings. The summed E-state index contributed by atoms with van der Waals surface area (Å²) in [4.78, 5) is 2.66. The number of rotatable bonds is 4. The molecule has 1 aromatic rings. The standard InChI is InChI=1S/C18H27ClN2/c1-4-18(3)12-20-17(14-7-8-14)11-21(18)10-15-6-5-13(2)9-16(15)19/h5-6,9,14,17,20H,4,7-8,10-12H2,1-3H3. The Morgan fingerprint density at radius 1 is 1.38 bits per heavy atom. The number of nitrogens with one attached hydrogen (secondary N) is 1. The molecule has 1 heterocycles. The van der Waals surface area contributed by atoms with Crippen molar-refractivity contribution < 1.29 is 0 Å². The molecule has 3 rings (SSSR count). The van der Waals surface area contributed by atoms with Crippen LogP contribution in [0.5, 0.6) is 0 Å². The van der Waals surface area contributed by atoms with Crippen molar-refractivity contribution in [2.45, 2.75) is 58.2 Å². The summed E-state index contributed by atoms with van der Waals surface area (Å²) in [5, 5.41) is 4.70. The van der Waals surface area contributed by atoms with E-state index in [2.05, 4.69) is 49.2 Å². The fourth-order valence-corrected chi connectivity index (χ4v) is 3.68. The lowest BCUT2D eigenvalue weighted by Crippen LogP contribution is -2.63. The molecule has 1 N–H and O–H groups in total. The van der Waals surface area contributed by atoms with E-state index in [1.807, 2.05) is 0 Å². The van der Waals surface area contributed by atoms with Crippen LogP contribution in [0.4, 0.5) is 0 Å². The fourth-order valence-electron chi connectivity index (χ4n) is 3.39. The third-order valence-electron chi connectivity index (χ3n) is 5.45. The Morgan fingerprint density at radius 3 is 2.76 bits per heavy atom. The summed E-state index contributed by atoms with van der Waals surface area (Å²) in [6, 6.07) is 7.13. The summed E-state index contributed by atoms with van der Waals surface area (Å²) in [6.07, 6.45) is 3.97. The maximum Gasteiger partial charge on any atom is 0.0453 e. The number of benzene rings is 1. The fraction of sp³-hybridized carbons (Fsp3) is 0.667. The van der Waals surface area contributed by atoms with Gasteiger partial charge >= 0.3 is 0 Å². The number of aryl methyl sites for hydroxylation is 1. The summed E-state index contributed by atoms with van der Waals surface area (Å²) >= 11 is 6.45. The van der Waals surface area contributed by atoms with E-state index < -0.39 is 0 Å². The molecule has 0 amide bonds. The zero-order chi connectivity index (χ0) is 15.0. The van der Waals surface area contributed by atoms with Gasteiger partial charge in [-0.3, -0.25) is 4.90 Å². The first-order valence-electron chi connectivity index (χ1n) is 8.25. The highest BCUT2D eigenvalue weighted by atomic mass is 35.5. The summed E-state index contributed by atoms with van der Waals surface area (Å²) in [7, 11) is 0. The van der Waals surface area contributed by atoms with Gasteiger partial charge in [0.15, 0.2) is 0 Å². The van der Waals surface area contributed by atoms with Crippen molar-refractivity contribution in [1.29, 1.82) is 0 Å². The summed E-state index contributed by atoms with van der Waals surface area (Å²) < 4.78 is 0. The first kappa shape index (κ1) is 15.3. The van der Waals surface area contributed by atoms with E-state index in [4.69, 9.17) is 11.6 Å². The van der Waals surface area contributed by atoms with Crippen molar-refractivity contribution >= 4 is 11.6 Å². The normalized spacial score (nSPS) is 30.6. The maximum absolute atomic E-state index is 6.45. The lowest BCUT2D eigenvalue weighted by Gasteiger charge is -2.48. The average molecular weight is 307 g/mol. The Balaban J connectivity index is 1.78. The van der Waals surface area contributed by atoms with Crippen LogP contribution in [0.1, 0.15) is 44.2 Å². The monoisotopic (exact) mass is 306 g/mol. The molecule has 21 heavy (non-hydrogen) atoms. The highest BCUT2D eigenvalue weighted by Crippen LogP contribution is 2.37. The summed E-state index contributed by atoms with van der Waals surface area (Å²) in [5.74, 6) is 0.905. The molecule has 1 saturated carbocycles. The first-order valence-corrected chi connectivity index (χ1v) is 8.63. The van der Waals surface area contributed by atoms with Crippen LogP contribution in [-0.4, -0.2) is 29.6 Å². The SMILES string of the molecule is CCC1(C)CNC(C2CC2)CN1Cc1ccc(C)cc1Cl. The third-order valence-corrected chi connectivity index (χ3v) is 5.80. The van der Waals surface area contributed by atoms with Crippen LogP contribution in [-0.2, 0) is 6.54 Å². The zero-order valence-corrected chi connectivity index (χ0v) is 14.2. The average Bonchev–Trinajstić information content (AvgIpc) is 3.28. The third kappa shape index (κ3) is 3.28. The van der Waals surface area contributed by atoms with Crippen LogP contribution in [0, 0.1) is 12.8 Å². The molecule has 3 heteroatoms. The Bertz CT molecular complexity index is 512. The van der Waals surface area contributed by atoms with Gasteiger partial charge in [0.25, 0.3) is 0 Å². The van der Waals surface area contributed by atoms with E-state index in [1.165, 1.54) is 30.4 Å². The second-order valence-corrected chi connectivity index (χ2v) is 7.56. The van der Waals surface area contributed by atoms with Crippen LogP contribution in [0.25, 0.3) is 0 Å². The lowest BCUT2D eigenvalue weighted by atomic mass is 9.90. The molecule has 0 bridgehead atoms. The second kappa shape index (κ2) is 5.91. The molecule has 1 aliphatic heterocycles. The molecule has 2 nitrogen and oxygen atoms in total. The topological polar surface area (TPSA) is 15.3 Å². The first-order chi connectivity index (χ1) is 10.0. The highest BCUT2D eigenvalue weighted by molar-refractivity contribution is 6.31. The largest absolute Gasteiger partial charge is 0.311 e. The van der Waals surface area contributed by atoms with Gasteiger partial charge in [-0.2, -0.15) is 0 Å². The molecule has 1 aliphatic carbocycles. The van der Waals surface area contributed by atoms with Gasteiger partial charge < -0.3 is 5.32 Å². The quantitative estimate of drug-likeness (QED) is 0.904. The van der Waals surface area contributed by atoms with Gasteiger partial charge in [0.05, 0.1) is 0 Å². The Kier molecular flexibility index (Phi) is 4.31. The van der Waals surface area contributed by atoms with Gasteiger partial charge in [0, 0.05) is 36.2 Å². The Labute approximate surface area is 133 Å². The lowest BCUT2D eigenvalue weighted by molar-refractivity contribution is 0.0369. The molecule has 2 fully saturated rings. The Morgan fingerprint density at radius 2 is 2.14 bits per heavy atom. The number of piperazine rings is 1. The Hall–Kier alpha value is -0.570. The van der Waals surface area contributed by atoms with E-state index in [-0.39, 0.29) is 5.54 Å². The summed E-state index contributed by atoms with van der Waals surface area (Å²) in [6.45, 7) is 9.98. The minimum absolute atomic E-state index is 0.236. The van der Waals surface area contributed by atoms with Crippen LogP contribution in [0.2, 0.25) is 5.02 Å². The van der Waals surface area contributed by atoms with Crippen molar-refractivity contribution in [3.8, 4) is 0 Å². The molecule has 1 aromatic carbocycles. The minimum Gasteiger partial charge on any atom is -0.311 e. The van der Waals surface area contributed by atoms with E-state index >= 15 is 0 Å². The molecular weight excluding hydrogens is 280 g/mol. The van der Waals surface area contributed by atoms with Crippen molar-refractivity contribution in [2.75, 3.05) is 13.1 Å². The molecule has 0 aromatic heterocycles. The van der Waals surface area contributed by atoms with Crippen molar-refractivity contribution in [2.24, 2.45) is 5.92 Å². The van der Waals surface area contributed by atoms with Gasteiger partial charge in [-0.1, -0.05) is 30.7 Å². The van der Waals surface area contributed by atoms with Crippen molar-refractivity contribution in [1.82, 2.24) is 10.2 Å². The van der Waals surface area contributed by atoms with Crippen molar-refractivity contribution in [3.63, 3.8) is 0 Å². The maximum atomic E-state index is 6.45.